The molecule has 0 bridgehead atoms. The van der Waals surface area contributed by atoms with Crippen molar-refractivity contribution in [1.82, 2.24) is 5.32 Å². The summed E-state index contributed by atoms with van der Waals surface area (Å²) < 4.78 is 5.47. The van der Waals surface area contributed by atoms with Crippen molar-refractivity contribution in [2.45, 2.75) is 302 Å². The standard InChI is InChI=1S/C53H103NO5/c1-3-5-7-9-11-13-15-16-24-27-31-35-39-43-47-53(58)59-48-44-40-36-32-28-25-22-20-18-17-19-21-23-26-30-34-38-42-46-52(57)54-50(49-55)51(56)45-41-37-33-29-14-12-10-8-6-4-2/h41,45,50-51,55-56H,3-40,42-44,46-49H2,1-2H3,(H,54,57)/b45-41+. The molecule has 1 amide bonds. The first-order valence-electron chi connectivity index (χ1n) is 26.5. The van der Waals surface area contributed by atoms with Gasteiger partial charge in [-0.3, -0.25) is 9.59 Å². The molecule has 0 aromatic rings. The molecule has 350 valence electrons. The lowest BCUT2D eigenvalue weighted by atomic mass is 10.0. The smallest absolute Gasteiger partial charge is 0.305 e. The van der Waals surface area contributed by atoms with Crippen LogP contribution in [0.2, 0.25) is 0 Å². The fourth-order valence-electron chi connectivity index (χ4n) is 8.22. The highest BCUT2D eigenvalue weighted by atomic mass is 16.5. The van der Waals surface area contributed by atoms with Gasteiger partial charge in [-0.05, 0) is 32.1 Å². The Hall–Kier alpha value is -1.40. The van der Waals surface area contributed by atoms with E-state index in [1.165, 1.54) is 225 Å². The minimum atomic E-state index is -0.844. The fourth-order valence-corrected chi connectivity index (χ4v) is 8.22. The molecule has 0 aromatic carbocycles. The van der Waals surface area contributed by atoms with E-state index < -0.39 is 12.1 Å². The molecule has 0 aliphatic heterocycles. The largest absolute Gasteiger partial charge is 0.466 e. The number of amides is 1. The molecular weight excluding hydrogens is 731 g/mol. The number of nitrogens with one attached hydrogen (secondary N) is 1. The van der Waals surface area contributed by atoms with E-state index in [1.807, 2.05) is 6.08 Å². The molecule has 2 atom stereocenters. The average molecular weight is 834 g/mol. The van der Waals surface area contributed by atoms with Crippen LogP contribution in [0, 0.1) is 0 Å². The molecule has 6 nitrogen and oxygen atoms in total. The number of ether oxygens (including phenoxy) is 1. The van der Waals surface area contributed by atoms with Gasteiger partial charge in [0.15, 0.2) is 0 Å². The molecule has 0 fully saturated rings. The third-order valence-electron chi connectivity index (χ3n) is 12.3. The maximum Gasteiger partial charge on any atom is 0.305 e. The maximum absolute atomic E-state index is 12.4. The zero-order valence-corrected chi connectivity index (χ0v) is 39.7. The van der Waals surface area contributed by atoms with E-state index in [1.54, 1.807) is 6.08 Å². The first kappa shape index (κ1) is 57.6. The second kappa shape index (κ2) is 49.3. The predicted octanol–water partition coefficient (Wildman–Crippen LogP) is 15.7. The third kappa shape index (κ3) is 45.9. The first-order chi connectivity index (χ1) is 29.0. The van der Waals surface area contributed by atoms with Crippen LogP contribution in [0.15, 0.2) is 12.2 Å². The molecule has 0 heterocycles. The van der Waals surface area contributed by atoms with E-state index in [9.17, 15) is 19.8 Å². The van der Waals surface area contributed by atoms with Crippen LogP contribution in [0.4, 0.5) is 0 Å². The Labute approximate surface area is 368 Å². The Morgan fingerprint density at radius 3 is 1.15 bits per heavy atom. The fraction of sp³-hybridized carbons (Fsp3) is 0.925. The number of carbonyl (C=O) groups is 2. The van der Waals surface area contributed by atoms with E-state index in [0.29, 0.717) is 19.4 Å². The van der Waals surface area contributed by atoms with Crippen LogP contribution >= 0.6 is 0 Å². The van der Waals surface area contributed by atoms with Gasteiger partial charge in [0.25, 0.3) is 0 Å². The number of unbranched alkanes of at least 4 members (excludes halogenated alkanes) is 38. The number of aliphatic hydroxyl groups is 2. The van der Waals surface area contributed by atoms with Crippen molar-refractivity contribution in [2.75, 3.05) is 13.2 Å². The summed E-state index contributed by atoms with van der Waals surface area (Å²) in [5.41, 5.74) is 0. The van der Waals surface area contributed by atoms with Crippen molar-refractivity contribution in [2.24, 2.45) is 0 Å². The molecule has 0 rings (SSSR count). The van der Waals surface area contributed by atoms with Crippen molar-refractivity contribution in [3.63, 3.8) is 0 Å². The Kier molecular flexibility index (Phi) is 48.1. The molecule has 6 heteroatoms. The van der Waals surface area contributed by atoms with Gasteiger partial charge in [-0.15, -0.1) is 0 Å². The van der Waals surface area contributed by atoms with E-state index in [-0.39, 0.29) is 18.5 Å². The van der Waals surface area contributed by atoms with Gasteiger partial charge >= 0.3 is 5.97 Å². The summed E-state index contributed by atoms with van der Waals surface area (Å²) >= 11 is 0. The lowest BCUT2D eigenvalue weighted by Crippen LogP contribution is -2.45. The van der Waals surface area contributed by atoms with Crippen LogP contribution in [0.3, 0.4) is 0 Å². The Morgan fingerprint density at radius 1 is 0.458 bits per heavy atom. The number of aliphatic hydroxyl groups excluding tert-OH is 2. The molecule has 0 aliphatic carbocycles. The molecule has 0 spiro atoms. The predicted molar refractivity (Wildman–Crippen MR) is 255 cm³/mol. The Morgan fingerprint density at radius 2 is 0.780 bits per heavy atom. The summed E-state index contributed by atoms with van der Waals surface area (Å²) in [6.07, 6.45) is 56.5. The molecular formula is C53H103NO5. The normalized spacial score (nSPS) is 12.7. The average Bonchev–Trinajstić information content (AvgIpc) is 3.24. The van der Waals surface area contributed by atoms with Crippen LogP contribution in [0.5, 0.6) is 0 Å². The van der Waals surface area contributed by atoms with Crippen molar-refractivity contribution in [1.29, 1.82) is 0 Å². The summed E-state index contributed by atoms with van der Waals surface area (Å²) in [7, 11) is 0. The molecule has 0 aromatic heterocycles. The van der Waals surface area contributed by atoms with Gasteiger partial charge in [0, 0.05) is 12.8 Å². The van der Waals surface area contributed by atoms with Gasteiger partial charge in [0.1, 0.15) is 0 Å². The number of hydrogen-bond donors (Lipinski definition) is 3. The molecule has 0 radical (unpaired) electrons. The summed E-state index contributed by atoms with van der Waals surface area (Å²) in [6.45, 7) is 4.88. The van der Waals surface area contributed by atoms with Gasteiger partial charge in [-0.2, -0.15) is 0 Å². The zero-order valence-electron chi connectivity index (χ0n) is 39.7. The van der Waals surface area contributed by atoms with Crippen LogP contribution in [-0.2, 0) is 14.3 Å². The van der Waals surface area contributed by atoms with Crippen LogP contribution in [0.1, 0.15) is 290 Å². The number of allylic oxidation sites excluding steroid dienone is 1. The third-order valence-corrected chi connectivity index (χ3v) is 12.3. The van der Waals surface area contributed by atoms with E-state index in [4.69, 9.17) is 4.74 Å². The maximum atomic E-state index is 12.4. The quantitative estimate of drug-likeness (QED) is 0.0322. The second-order valence-electron chi connectivity index (χ2n) is 18.2. The van der Waals surface area contributed by atoms with E-state index in [2.05, 4.69) is 19.2 Å². The van der Waals surface area contributed by atoms with Gasteiger partial charge in [0.05, 0.1) is 25.4 Å². The molecule has 0 saturated carbocycles. The number of carbonyl (C=O) groups excluding carboxylic acids is 2. The van der Waals surface area contributed by atoms with Crippen LogP contribution < -0.4 is 5.32 Å². The Bertz CT molecular complexity index is 878. The van der Waals surface area contributed by atoms with Crippen molar-refractivity contribution >= 4 is 11.9 Å². The highest BCUT2D eigenvalue weighted by Crippen LogP contribution is 2.17. The molecule has 59 heavy (non-hydrogen) atoms. The molecule has 2 unspecified atom stereocenters. The second-order valence-corrected chi connectivity index (χ2v) is 18.2. The summed E-state index contributed by atoms with van der Waals surface area (Å²) in [5.74, 6) is -0.0646. The summed E-state index contributed by atoms with van der Waals surface area (Å²) in [6, 6.07) is -0.628. The topological polar surface area (TPSA) is 95.9 Å². The monoisotopic (exact) mass is 834 g/mol. The van der Waals surface area contributed by atoms with Gasteiger partial charge in [-0.25, -0.2) is 0 Å². The van der Waals surface area contributed by atoms with Gasteiger partial charge < -0.3 is 20.3 Å². The number of hydrogen-bond acceptors (Lipinski definition) is 5. The molecule has 0 saturated heterocycles. The zero-order chi connectivity index (χ0) is 43.0. The van der Waals surface area contributed by atoms with E-state index >= 15 is 0 Å². The summed E-state index contributed by atoms with van der Waals surface area (Å²) in [5, 5.41) is 22.9. The van der Waals surface area contributed by atoms with Crippen LogP contribution in [-0.4, -0.2) is 47.4 Å². The lowest BCUT2D eigenvalue weighted by Gasteiger charge is -2.20. The van der Waals surface area contributed by atoms with Crippen molar-refractivity contribution in [3.8, 4) is 0 Å². The summed E-state index contributed by atoms with van der Waals surface area (Å²) in [4.78, 5) is 24.4. The highest BCUT2D eigenvalue weighted by molar-refractivity contribution is 5.76. The van der Waals surface area contributed by atoms with Gasteiger partial charge in [-0.1, -0.05) is 257 Å². The van der Waals surface area contributed by atoms with Crippen molar-refractivity contribution in [3.05, 3.63) is 12.2 Å². The number of esters is 1. The Balaban J connectivity index is 3.39. The minimum absolute atomic E-state index is 0.00862. The van der Waals surface area contributed by atoms with Gasteiger partial charge in [0.2, 0.25) is 5.91 Å². The highest BCUT2D eigenvalue weighted by Gasteiger charge is 2.18. The first-order valence-corrected chi connectivity index (χ1v) is 26.5. The minimum Gasteiger partial charge on any atom is -0.466 e. The van der Waals surface area contributed by atoms with Crippen molar-refractivity contribution < 1.29 is 24.5 Å². The molecule has 3 N–H and O–H groups in total. The van der Waals surface area contributed by atoms with E-state index in [0.717, 1.165) is 38.5 Å². The molecule has 0 aliphatic rings. The SMILES string of the molecule is CCCCCCCCCC/C=C/C(O)C(CO)NC(=O)CCCCCCCCCCCCCCCCCCCCOC(=O)CCCCCCCCCCCCCCCC. The lowest BCUT2D eigenvalue weighted by molar-refractivity contribution is -0.143. The van der Waals surface area contributed by atoms with Crippen LogP contribution in [0.25, 0.3) is 0 Å². The number of rotatable bonds is 49.